The molecule has 20 heavy (non-hydrogen) atoms. The molecule has 1 aliphatic rings. The van der Waals surface area contributed by atoms with Crippen LogP contribution < -0.4 is 0 Å². The number of aromatic nitrogens is 2. The number of aliphatic carboxylic acids is 1. The zero-order valence-corrected chi connectivity index (χ0v) is 11.7. The lowest BCUT2D eigenvalue weighted by Gasteiger charge is -2.39. The zero-order valence-electron chi connectivity index (χ0n) is 11.7. The Bertz CT molecular complexity index is 500. The highest BCUT2D eigenvalue weighted by Gasteiger charge is 2.41. The predicted octanol–water partition coefficient (Wildman–Crippen LogP) is 0.431. The molecule has 0 bridgehead atoms. The molecule has 1 saturated heterocycles. The van der Waals surface area contributed by atoms with E-state index in [4.69, 9.17) is 4.74 Å². The van der Waals surface area contributed by atoms with Crippen molar-refractivity contribution in [1.82, 2.24) is 14.7 Å². The smallest absolute Gasteiger partial charge is 0.308 e. The maximum absolute atomic E-state index is 12.1. The quantitative estimate of drug-likeness (QED) is 0.846. The Morgan fingerprint density at radius 2 is 2.35 bits per heavy atom. The van der Waals surface area contributed by atoms with Gasteiger partial charge in [-0.2, -0.15) is 5.10 Å². The molecule has 110 valence electrons. The van der Waals surface area contributed by atoms with E-state index < -0.39 is 17.9 Å². The molecule has 7 nitrogen and oxygen atoms in total. The van der Waals surface area contributed by atoms with Crippen molar-refractivity contribution in [2.24, 2.45) is 13.0 Å². The number of nitrogens with zero attached hydrogens (tertiary/aromatic N) is 3. The SMILES string of the molecule is COCCN1C(=O)CCC(C(=O)O)C1c1cnn(C)c1. The van der Waals surface area contributed by atoms with Crippen LogP contribution in [-0.2, 0) is 21.4 Å². The predicted molar refractivity (Wildman–Crippen MR) is 69.9 cm³/mol. The first-order valence-electron chi connectivity index (χ1n) is 6.54. The van der Waals surface area contributed by atoms with Gasteiger partial charge in [0.1, 0.15) is 0 Å². The second kappa shape index (κ2) is 6.04. The minimum Gasteiger partial charge on any atom is -0.481 e. The van der Waals surface area contributed by atoms with Gasteiger partial charge < -0.3 is 14.7 Å². The fourth-order valence-electron chi connectivity index (χ4n) is 2.67. The first-order chi connectivity index (χ1) is 9.54. The minimum absolute atomic E-state index is 0.0339. The molecule has 2 atom stereocenters. The molecule has 0 aromatic carbocycles. The van der Waals surface area contributed by atoms with Crippen molar-refractivity contribution < 1.29 is 19.4 Å². The average molecular weight is 281 g/mol. The Hall–Kier alpha value is -1.89. The van der Waals surface area contributed by atoms with Gasteiger partial charge in [-0.25, -0.2) is 0 Å². The lowest BCUT2D eigenvalue weighted by molar-refractivity contribution is -0.152. The van der Waals surface area contributed by atoms with Gasteiger partial charge >= 0.3 is 5.97 Å². The molecule has 0 spiro atoms. The maximum Gasteiger partial charge on any atom is 0.308 e. The number of rotatable bonds is 5. The molecule has 1 aromatic heterocycles. The third kappa shape index (κ3) is 2.82. The number of aryl methyl sites for hydroxylation is 1. The fraction of sp³-hybridized carbons (Fsp3) is 0.615. The number of hydrogen-bond donors (Lipinski definition) is 1. The van der Waals surface area contributed by atoms with Crippen molar-refractivity contribution in [2.75, 3.05) is 20.3 Å². The Morgan fingerprint density at radius 3 is 2.90 bits per heavy atom. The van der Waals surface area contributed by atoms with Gasteiger partial charge in [0.2, 0.25) is 5.91 Å². The summed E-state index contributed by atoms with van der Waals surface area (Å²) in [5, 5.41) is 13.5. The number of carboxylic acids is 1. The lowest BCUT2D eigenvalue weighted by atomic mass is 9.85. The molecule has 1 fully saturated rings. The second-order valence-corrected chi connectivity index (χ2v) is 4.96. The largest absolute Gasteiger partial charge is 0.481 e. The monoisotopic (exact) mass is 281 g/mol. The van der Waals surface area contributed by atoms with E-state index >= 15 is 0 Å². The molecule has 1 aromatic rings. The number of hydrogen-bond acceptors (Lipinski definition) is 4. The number of amides is 1. The molecule has 0 radical (unpaired) electrons. The highest BCUT2D eigenvalue weighted by molar-refractivity contribution is 5.81. The molecule has 1 amide bonds. The summed E-state index contributed by atoms with van der Waals surface area (Å²) in [6, 6.07) is -0.474. The third-order valence-electron chi connectivity index (χ3n) is 3.63. The first kappa shape index (κ1) is 14.5. The van der Waals surface area contributed by atoms with Crippen LogP contribution in [0.2, 0.25) is 0 Å². The molecular weight excluding hydrogens is 262 g/mol. The third-order valence-corrected chi connectivity index (χ3v) is 3.63. The number of carbonyl (C=O) groups is 2. The fourth-order valence-corrected chi connectivity index (χ4v) is 2.67. The van der Waals surface area contributed by atoms with Gasteiger partial charge in [-0.1, -0.05) is 0 Å². The summed E-state index contributed by atoms with van der Waals surface area (Å²) in [5.41, 5.74) is 0.754. The Morgan fingerprint density at radius 1 is 1.60 bits per heavy atom. The van der Waals surface area contributed by atoms with Crippen LogP contribution in [0.25, 0.3) is 0 Å². The van der Waals surface area contributed by atoms with Crippen LogP contribution in [0.15, 0.2) is 12.4 Å². The van der Waals surface area contributed by atoms with E-state index in [2.05, 4.69) is 5.10 Å². The van der Waals surface area contributed by atoms with Crippen molar-refractivity contribution in [3.8, 4) is 0 Å². The molecule has 1 N–H and O–H groups in total. The number of carboxylic acid groups (broad SMARTS) is 1. The van der Waals surface area contributed by atoms with E-state index in [9.17, 15) is 14.7 Å². The van der Waals surface area contributed by atoms with Crippen molar-refractivity contribution in [3.05, 3.63) is 18.0 Å². The van der Waals surface area contributed by atoms with Crippen LogP contribution in [-0.4, -0.2) is 51.9 Å². The first-order valence-corrected chi connectivity index (χ1v) is 6.54. The lowest BCUT2D eigenvalue weighted by Crippen LogP contribution is -2.46. The number of likely N-dealkylation sites (tertiary alicyclic amines) is 1. The van der Waals surface area contributed by atoms with E-state index in [-0.39, 0.29) is 12.3 Å². The standard InChI is InChI=1S/C13H19N3O4/c1-15-8-9(7-14-15)12-10(13(18)19)3-4-11(17)16(12)5-6-20-2/h7-8,10,12H,3-6H2,1-2H3,(H,18,19). The van der Waals surface area contributed by atoms with Crippen LogP contribution >= 0.6 is 0 Å². The molecule has 1 aliphatic heterocycles. The second-order valence-electron chi connectivity index (χ2n) is 4.96. The van der Waals surface area contributed by atoms with Crippen molar-refractivity contribution in [3.63, 3.8) is 0 Å². The van der Waals surface area contributed by atoms with Gasteiger partial charge in [0, 0.05) is 38.9 Å². The molecule has 2 heterocycles. The summed E-state index contributed by atoms with van der Waals surface area (Å²) in [5.74, 6) is -1.52. The summed E-state index contributed by atoms with van der Waals surface area (Å²) in [6.45, 7) is 0.771. The van der Waals surface area contributed by atoms with Gasteiger partial charge in [-0.3, -0.25) is 14.3 Å². The Balaban J connectivity index is 2.33. The van der Waals surface area contributed by atoms with Crippen molar-refractivity contribution >= 4 is 11.9 Å². The number of carbonyl (C=O) groups excluding carboxylic acids is 1. The van der Waals surface area contributed by atoms with E-state index in [1.807, 2.05) is 0 Å². The molecule has 0 aliphatic carbocycles. The van der Waals surface area contributed by atoms with E-state index in [0.717, 1.165) is 5.56 Å². The topological polar surface area (TPSA) is 84.7 Å². The molecular formula is C13H19N3O4. The highest BCUT2D eigenvalue weighted by Crippen LogP contribution is 2.36. The van der Waals surface area contributed by atoms with Crippen LogP contribution in [0.4, 0.5) is 0 Å². The van der Waals surface area contributed by atoms with Crippen LogP contribution in [0.1, 0.15) is 24.4 Å². The van der Waals surface area contributed by atoms with Crippen LogP contribution in [0.3, 0.4) is 0 Å². The average Bonchev–Trinajstić information content (AvgIpc) is 2.83. The number of methoxy groups -OCH3 is 1. The molecule has 0 saturated carbocycles. The zero-order chi connectivity index (χ0) is 14.7. The number of piperidine rings is 1. The van der Waals surface area contributed by atoms with E-state index in [1.165, 1.54) is 0 Å². The van der Waals surface area contributed by atoms with Crippen LogP contribution in [0.5, 0.6) is 0 Å². The van der Waals surface area contributed by atoms with Gasteiger partial charge in [0.05, 0.1) is 24.8 Å². The van der Waals surface area contributed by atoms with E-state index in [0.29, 0.717) is 19.6 Å². The summed E-state index contributed by atoms with van der Waals surface area (Å²) in [4.78, 5) is 25.2. The summed E-state index contributed by atoms with van der Waals surface area (Å²) >= 11 is 0. The van der Waals surface area contributed by atoms with Gasteiger partial charge in [0.15, 0.2) is 0 Å². The summed E-state index contributed by atoms with van der Waals surface area (Å²) in [6.07, 6.45) is 4.01. The summed E-state index contributed by atoms with van der Waals surface area (Å²) < 4.78 is 6.63. The van der Waals surface area contributed by atoms with Crippen molar-refractivity contribution in [2.45, 2.75) is 18.9 Å². The van der Waals surface area contributed by atoms with Gasteiger partial charge in [-0.05, 0) is 6.42 Å². The highest BCUT2D eigenvalue weighted by atomic mass is 16.5. The number of ether oxygens (including phenoxy) is 1. The molecule has 2 unspecified atom stereocenters. The van der Waals surface area contributed by atoms with Crippen LogP contribution in [0, 0.1) is 5.92 Å². The summed E-state index contributed by atoms with van der Waals surface area (Å²) in [7, 11) is 3.32. The molecule has 2 rings (SSSR count). The normalized spacial score (nSPS) is 23.1. The van der Waals surface area contributed by atoms with Gasteiger partial charge in [0.25, 0.3) is 0 Å². The maximum atomic E-state index is 12.1. The Kier molecular flexibility index (Phi) is 4.39. The van der Waals surface area contributed by atoms with E-state index in [1.54, 1.807) is 36.1 Å². The minimum atomic E-state index is -0.881. The molecule has 7 heteroatoms. The van der Waals surface area contributed by atoms with Gasteiger partial charge in [-0.15, -0.1) is 0 Å². The van der Waals surface area contributed by atoms with Crippen molar-refractivity contribution in [1.29, 1.82) is 0 Å². The Labute approximate surface area is 117 Å².